The summed E-state index contributed by atoms with van der Waals surface area (Å²) in [4.78, 5) is 13.7. The molecule has 0 saturated carbocycles. The van der Waals surface area contributed by atoms with Gasteiger partial charge in [0.2, 0.25) is 6.73 Å². The van der Waals surface area contributed by atoms with E-state index in [4.69, 9.17) is 32.4 Å². The van der Waals surface area contributed by atoms with Gasteiger partial charge in [-0.05, 0) is 35.7 Å². The molecule has 4 nitrogen and oxygen atoms in total. The minimum Gasteiger partial charge on any atom is -0.445 e. The number of nitrogens with one attached hydrogen (secondary N) is 1. The molecule has 1 aliphatic rings. The maximum absolute atomic E-state index is 12.5. The van der Waals surface area contributed by atoms with Gasteiger partial charge in [0.1, 0.15) is 18.8 Å². The Morgan fingerprint density at radius 3 is 2.61 bits per heavy atom. The van der Waals surface area contributed by atoms with Gasteiger partial charge in [-0.15, -0.1) is 0 Å². The summed E-state index contributed by atoms with van der Waals surface area (Å²) in [7, 11) is 0. The maximum atomic E-state index is 12.5. The summed E-state index contributed by atoms with van der Waals surface area (Å²) in [6.45, 7) is 1.87. The summed E-state index contributed by atoms with van der Waals surface area (Å²) in [6, 6.07) is 16.9. The van der Waals surface area contributed by atoms with Crippen LogP contribution >= 0.6 is 23.2 Å². The van der Waals surface area contributed by atoms with Gasteiger partial charge in [0.05, 0.1) is 16.0 Å². The summed E-state index contributed by atoms with van der Waals surface area (Å²) in [6.07, 6.45) is 0. The molecule has 4 aromatic rings. The zero-order valence-corrected chi connectivity index (χ0v) is 16.3. The zero-order chi connectivity index (χ0) is 19.3. The van der Waals surface area contributed by atoms with Crippen molar-refractivity contribution < 1.29 is 14.1 Å². The minimum atomic E-state index is -0.329. The molecular formula is C22H16Cl2NO3+. The van der Waals surface area contributed by atoms with Crippen molar-refractivity contribution in [1.29, 1.82) is 0 Å². The van der Waals surface area contributed by atoms with E-state index in [1.54, 1.807) is 12.1 Å². The largest absolute Gasteiger partial charge is 0.445 e. The molecule has 0 spiro atoms. The van der Waals surface area contributed by atoms with Gasteiger partial charge >= 0.3 is 5.63 Å². The third-order valence-corrected chi connectivity index (χ3v) is 5.75. The third-order valence-electron chi connectivity index (χ3n) is 5.16. The quantitative estimate of drug-likeness (QED) is 0.396. The molecule has 0 aliphatic carbocycles. The molecule has 1 unspecified atom stereocenters. The molecule has 1 aliphatic heterocycles. The van der Waals surface area contributed by atoms with Crippen LogP contribution in [0.2, 0.25) is 10.0 Å². The lowest BCUT2D eigenvalue weighted by molar-refractivity contribution is -0.945. The van der Waals surface area contributed by atoms with Gasteiger partial charge in [-0.2, -0.15) is 0 Å². The topological polar surface area (TPSA) is 43.9 Å². The summed E-state index contributed by atoms with van der Waals surface area (Å²) in [5.74, 6) is 0.761. The number of benzene rings is 3. The molecule has 1 aromatic heterocycles. The van der Waals surface area contributed by atoms with Gasteiger partial charge in [0.25, 0.3) is 0 Å². The molecule has 2 heterocycles. The third kappa shape index (κ3) is 2.94. The first-order valence-corrected chi connectivity index (χ1v) is 9.73. The van der Waals surface area contributed by atoms with Gasteiger partial charge < -0.3 is 9.15 Å². The normalized spacial score (nSPS) is 16.1. The van der Waals surface area contributed by atoms with Crippen molar-refractivity contribution in [3.05, 3.63) is 86.2 Å². The molecule has 1 atom stereocenters. The van der Waals surface area contributed by atoms with Gasteiger partial charge in [-0.1, -0.05) is 47.5 Å². The Hall–Kier alpha value is -2.53. The van der Waals surface area contributed by atoms with E-state index in [1.165, 1.54) is 4.90 Å². The number of rotatable bonds is 2. The standard InChI is InChI=1S/C22H15Cl2NO3/c23-14-6-5-13(19(24)9-14)10-25-11-18-20(27-12-25)8-7-16-15-3-1-2-4-17(15)22(26)28-21(16)18/h1-9H,10-12H2/p+1. The summed E-state index contributed by atoms with van der Waals surface area (Å²) in [5.41, 5.74) is 2.18. The monoisotopic (exact) mass is 412 g/mol. The average Bonchev–Trinajstić information content (AvgIpc) is 2.70. The van der Waals surface area contributed by atoms with Crippen molar-refractivity contribution in [2.24, 2.45) is 0 Å². The number of fused-ring (bicyclic) bond motifs is 5. The molecule has 1 N–H and O–H groups in total. The van der Waals surface area contributed by atoms with E-state index in [1.807, 2.05) is 42.5 Å². The maximum Gasteiger partial charge on any atom is 0.344 e. The van der Waals surface area contributed by atoms with Crippen molar-refractivity contribution >= 4 is 44.9 Å². The Labute approximate surface area is 170 Å². The highest BCUT2D eigenvalue weighted by atomic mass is 35.5. The molecule has 0 fully saturated rings. The Balaban J connectivity index is 1.58. The smallest absolute Gasteiger partial charge is 0.344 e. The van der Waals surface area contributed by atoms with Crippen LogP contribution in [0.3, 0.4) is 0 Å². The van der Waals surface area contributed by atoms with E-state index in [0.29, 0.717) is 40.8 Å². The van der Waals surface area contributed by atoms with Crippen LogP contribution in [0, 0.1) is 0 Å². The SMILES string of the molecule is O=c1oc2c3c(ccc2c2ccccc12)OC[NH+](Cc1ccc(Cl)cc1Cl)C3. The van der Waals surface area contributed by atoms with E-state index in [-0.39, 0.29) is 5.63 Å². The lowest BCUT2D eigenvalue weighted by Gasteiger charge is -2.27. The lowest BCUT2D eigenvalue weighted by Crippen LogP contribution is -3.10. The highest BCUT2D eigenvalue weighted by Gasteiger charge is 2.25. The van der Waals surface area contributed by atoms with Gasteiger partial charge in [-0.3, -0.25) is 4.90 Å². The fourth-order valence-corrected chi connectivity index (χ4v) is 4.29. The molecule has 0 radical (unpaired) electrons. The van der Waals surface area contributed by atoms with Crippen LogP contribution in [0.5, 0.6) is 5.75 Å². The Kier molecular flexibility index (Phi) is 4.27. The molecule has 5 rings (SSSR count). The minimum absolute atomic E-state index is 0.329. The lowest BCUT2D eigenvalue weighted by atomic mass is 10.0. The molecule has 0 saturated heterocycles. The molecule has 0 bridgehead atoms. The van der Waals surface area contributed by atoms with Crippen LogP contribution in [0.1, 0.15) is 11.1 Å². The van der Waals surface area contributed by atoms with Crippen LogP contribution in [-0.4, -0.2) is 6.73 Å². The number of ether oxygens (including phenoxy) is 1. The molecular weight excluding hydrogens is 397 g/mol. The van der Waals surface area contributed by atoms with Crippen molar-refractivity contribution in [1.82, 2.24) is 0 Å². The van der Waals surface area contributed by atoms with Crippen LogP contribution in [0.4, 0.5) is 0 Å². The second-order valence-electron chi connectivity index (χ2n) is 6.98. The van der Waals surface area contributed by atoms with Crippen molar-refractivity contribution in [3.8, 4) is 5.75 Å². The average molecular weight is 413 g/mol. The highest BCUT2D eigenvalue weighted by Crippen LogP contribution is 2.32. The zero-order valence-electron chi connectivity index (χ0n) is 14.8. The Bertz CT molecular complexity index is 1280. The fraction of sp³-hybridized carbons (Fsp3) is 0.136. The van der Waals surface area contributed by atoms with Crippen molar-refractivity contribution in [2.45, 2.75) is 13.1 Å². The Morgan fingerprint density at radius 2 is 1.79 bits per heavy atom. The molecule has 28 heavy (non-hydrogen) atoms. The summed E-state index contributed by atoms with van der Waals surface area (Å²) in [5, 5.41) is 3.65. The van der Waals surface area contributed by atoms with Crippen molar-refractivity contribution in [3.63, 3.8) is 0 Å². The first kappa shape index (κ1) is 17.6. The number of hydrogen-bond donors (Lipinski definition) is 1. The second kappa shape index (κ2) is 6.82. The van der Waals surface area contributed by atoms with Gasteiger partial charge in [-0.25, -0.2) is 4.79 Å². The van der Waals surface area contributed by atoms with Gasteiger partial charge in [0, 0.05) is 16.0 Å². The number of halogens is 2. The predicted molar refractivity (Wildman–Crippen MR) is 110 cm³/mol. The first-order chi connectivity index (χ1) is 13.6. The molecule has 0 amide bonds. The Morgan fingerprint density at radius 1 is 0.964 bits per heavy atom. The van der Waals surface area contributed by atoms with Crippen LogP contribution in [-0.2, 0) is 13.1 Å². The van der Waals surface area contributed by atoms with Crippen molar-refractivity contribution in [2.75, 3.05) is 6.73 Å². The molecule has 140 valence electrons. The highest BCUT2D eigenvalue weighted by molar-refractivity contribution is 6.35. The predicted octanol–water partition coefficient (Wildman–Crippen LogP) is 4.19. The summed E-state index contributed by atoms with van der Waals surface area (Å²) >= 11 is 12.3. The summed E-state index contributed by atoms with van der Waals surface area (Å²) < 4.78 is 11.7. The van der Waals surface area contributed by atoms with Crippen LogP contribution in [0.25, 0.3) is 21.7 Å². The second-order valence-corrected chi connectivity index (χ2v) is 7.83. The number of quaternary nitrogens is 1. The molecule has 6 heteroatoms. The van der Waals surface area contributed by atoms with Crippen LogP contribution < -0.4 is 15.3 Å². The molecule has 3 aromatic carbocycles. The van der Waals surface area contributed by atoms with E-state index >= 15 is 0 Å². The van der Waals surface area contributed by atoms with E-state index in [9.17, 15) is 4.79 Å². The number of hydrogen-bond acceptors (Lipinski definition) is 3. The first-order valence-electron chi connectivity index (χ1n) is 8.98. The fourth-order valence-electron chi connectivity index (χ4n) is 3.81. The van der Waals surface area contributed by atoms with E-state index < -0.39 is 0 Å². The van der Waals surface area contributed by atoms with E-state index in [0.717, 1.165) is 27.6 Å². The van der Waals surface area contributed by atoms with Crippen LogP contribution in [0.15, 0.2) is 63.8 Å². The van der Waals surface area contributed by atoms with Gasteiger partial charge in [0.15, 0.2) is 5.58 Å². The van der Waals surface area contributed by atoms with E-state index in [2.05, 4.69) is 0 Å².